The Labute approximate surface area is 178 Å². The molecule has 1 atom stereocenters. The predicted molar refractivity (Wildman–Crippen MR) is 117 cm³/mol. The first-order chi connectivity index (χ1) is 14.5. The zero-order chi connectivity index (χ0) is 21.1. The van der Waals surface area contributed by atoms with Gasteiger partial charge in [0.05, 0.1) is 19.2 Å². The zero-order valence-corrected chi connectivity index (χ0v) is 18.1. The van der Waals surface area contributed by atoms with Gasteiger partial charge >= 0.3 is 0 Å². The summed E-state index contributed by atoms with van der Waals surface area (Å²) in [7, 11) is 0. The fourth-order valence-electron chi connectivity index (χ4n) is 4.06. The predicted octanol–water partition coefficient (Wildman–Crippen LogP) is 2.67. The monoisotopic (exact) mass is 409 g/mol. The van der Waals surface area contributed by atoms with Gasteiger partial charge in [0.1, 0.15) is 17.4 Å². The molecule has 1 aromatic heterocycles. The first-order valence-corrected chi connectivity index (χ1v) is 10.8. The minimum atomic E-state index is 0.0298. The Morgan fingerprint density at radius 3 is 2.73 bits per heavy atom. The van der Waals surface area contributed by atoms with Gasteiger partial charge in [-0.25, -0.2) is 9.97 Å². The van der Waals surface area contributed by atoms with Gasteiger partial charge in [-0.3, -0.25) is 9.69 Å². The summed E-state index contributed by atoms with van der Waals surface area (Å²) in [6.07, 6.45) is 0.807. The standard InChI is InChI=1S/C23H31N5O2/c1-16(2)23-24-17(3)14-21(26-23)28-11-9-27(10-12-28)15-22(29)25-19-8-13-30-20-7-5-4-6-18(19)20/h4-7,14,16,19H,8-13,15H2,1-3H3,(H,25,29). The van der Waals surface area contributed by atoms with Crippen molar-refractivity contribution >= 4 is 11.7 Å². The van der Waals surface area contributed by atoms with Crippen LogP contribution in [-0.4, -0.2) is 60.1 Å². The summed E-state index contributed by atoms with van der Waals surface area (Å²) in [5, 5.41) is 3.20. The van der Waals surface area contributed by atoms with Crippen molar-refractivity contribution in [3.05, 3.63) is 47.4 Å². The highest BCUT2D eigenvalue weighted by Gasteiger charge is 2.25. The van der Waals surface area contributed by atoms with Crippen molar-refractivity contribution in [3.8, 4) is 5.75 Å². The highest BCUT2D eigenvalue weighted by atomic mass is 16.5. The van der Waals surface area contributed by atoms with Crippen LogP contribution in [0.3, 0.4) is 0 Å². The van der Waals surface area contributed by atoms with E-state index in [0.717, 1.165) is 61.2 Å². The average Bonchev–Trinajstić information content (AvgIpc) is 2.74. The third-order valence-electron chi connectivity index (χ3n) is 5.73. The molecule has 2 aliphatic rings. The molecule has 0 spiro atoms. The summed E-state index contributed by atoms with van der Waals surface area (Å²) in [5.41, 5.74) is 2.07. The Balaban J connectivity index is 1.31. The number of anilines is 1. The van der Waals surface area contributed by atoms with Crippen LogP contribution in [0.5, 0.6) is 5.75 Å². The van der Waals surface area contributed by atoms with Crippen LogP contribution < -0.4 is 15.0 Å². The SMILES string of the molecule is Cc1cc(N2CCN(CC(=O)NC3CCOc4ccccc43)CC2)nc(C(C)C)n1. The van der Waals surface area contributed by atoms with E-state index in [1.807, 2.05) is 31.2 Å². The van der Waals surface area contributed by atoms with Crippen molar-refractivity contribution in [2.75, 3.05) is 44.2 Å². The molecule has 1 aromatic carbocycles. The lowest BCUT2D eigenvalue weighted by Gasteiger charge is -2.35. The lowest BCUT2D eigenvalue weighted by molar-refractivity contribution is -0.123. The number of aryl methyl sites for hydroxylation is 1. The van der Waals surface area contributed by atoms with Gasteiger partial charge in [-0.2, -0.15) is 0 Å². The average molecular weight is 410 g/mol. The molecular weight excluding hydrogens is 378 g/mol. The van der Waals surface area contributed by atoms with E-state index < -0.39 is 0 Å². The molecule has 0 saturated carbocycles. The highest BCUT2D eigenvalue weighted by molar-refractivity contribution is 5.78. The van der Waals surface area contributed by atoms with Crippen LogP contribution in [0.25, 0.3) is 0 Å². The number of piperazine rings is 1. The molecule has 3 heterocycles. The summed E-state index contributed by atoms with van der Waals surface area (Å²) in [6.45, 7) is 10.7. The lowest BCUT2D eigenvalue weighted by atomic mass is 10.0. The van der Waals surface area contributed by atoms with E-state index in [4.69, 9.17) is 9.72 Å². The molecule has 7 heteroatoms. The summed E-state index contributed by atoms with van der Waals surface area (Å²) in [4.78, 5) is 26.5. The van der Waals surface area contributed by atoms with Gasteiger partial charge < -0.3 is 15.0 Å². The van der Waals surface area contributed by atoms with Crippen LogP contribution in [-0.2, 0) is 4.79 Å². The molecule has 0 aliphatic carbocycles. The molecule has 1 N–H and O–H groups in total. The number of hydrogen-bond donors (Lipinski definition) is 1. The Morgan fingerprint density at radius 1 is 1.20 bits per heavy atom. The van der Waals surface area contributed by atoms with Crippen molar-refractivity contribution in [2.45, 2.75) is 39.2 Å². The topological polar surface area (TPSA) is 70.6 Å². The molecule has 30 heavy (non-hydrogen) atoms. The molecule has 1 saturated heterocycles. The third kappa shape index (κ3) is 4.73. The van der Waals surface area contributed by atoms with Crippen molar-refractivity contribution in [1.82, 2.24) is 20.2 Å². The molecular formula is C23H31N5O2. The third-order valence-corrected chi connectivity index (χ3v) is 5.73. The van der Waals surface area contributed by atoms with Crippen LogP contribution in [0, 0.1) is 6.92 Å². The molecule has 1 unspecified atom stereocenters. The van der Waals surface area contributed by atoms with Crippen molar-refractivity contribution in [3.63, 3.8) is 0 Å². The molecule has 2 aromatic rings. The van der Waals surface area contributed by atoms with E-state index in [1.165, 1.54) is 0 Å². The second-order valence-electron chi connectivity index (χ2n) is 8.44. The molecule has 0 radical (unpaired) electrons. The number of para-hydroxylation sites is 1. The minimum absolute atomic E-state index is 0.0298. The summed E-state index contributed by atoms with van der Waals surface area (Å²) in [6, 6.07) is 10.0. The Hall–Kier alpha value is -2.67. The number of aromatic nitrogens is 2. The number of benzene rings is 1. The second-order valence-corrected chi connectivity index (χ2v) is 8.44. The summed E-state index contributed by atoms with van der Waals surface area (Å²) in [5.74, 6) is 3.15. The molecule has 2 aliphatic heterocycles. The maximum absolute atomic E-state index is 12.7. The maximum atomic E-state index is 12.7. The van der Waals surface area contributed by atoms with Gasteiger partial charge in [-0.15, -0.1) is 0 Å². The van der Waals surface area contributed by atoms with Crippen LogP contribution in [0.15, 0.2) is 30.3 Å². The van der Waals surface area contributed by atoms with E-state index in [2.05, 4.69) is 40.0 Å². The molecule has 1 amide bonds. The number of hydrogen-bond acceptors (Lipinski definition) is 6. The van der Waals surface area contributed by atoms with Gasteiger partial charge in [0.25, 0.3) is 0 Å². The maximum Gasteiger partial charge on any atom is 0.234 e. The molecule has 1 fully saturated rings. The van der Waals surface area contributed by atoms with E-state index in [1.54, 1.807) is 0 Å². The Morgan fingerprint density at radius 2 is 1.97 bits per heavy atom. The number of carbonyl (C=O) groups excluding carboxylic acids is 1. The van der Waals surface area contributed by atoms with Gasteiger partial charge in [-0.05, 0) is 13.0 Å². The van der Waals surface area contributed by atoms with Gasteiger partial charge in [0.2, 0.25) is 5.91 Å². The number of carbonyl (C=O) groups is 1. The molecule has 7 nitrogen and oxygen atoms in total. The minimum Gasteiger partial charge on any atom is -0.493 e. The van der Waals surface area contributed by atoms with Crippen molar-refractivity contribution in [2.24, 2.45) is 0 Å². The van der Waals surface area contributed by atoms with Crippen LogP contribution in [0.4, 0.5) is 5.82 Å². The number of ether oxygens (including phenoxy) is 1. The fourth-order valence-corrected chi connectivity index (χ4v) is 4.06. The number of nitrogens with zero attached hydrogens (tertiary/aromatic N) is 4. The molecule has 4 rings (SSSR count). The number of fused-ring (bicyclic) bond motifs is 1. The van der Waals surface area contributed by atoms with Crippen molar-refractivity contribution < 1.29 is 9.53 Å². The molecule has 0 bridgehead atoms. The molecule has 160 valence electrons. The van der Waals surface area contributed by atoms with Gasteiger partial charge in [0.15, 0.2) is 0 Å². The Bertz CT molecular complexity index is 893. The quantitative estimate of drug-likeness (QED) is 0.819. The summed E-state index contributed by atoms with van der Waals surface area (Å²) >= 11 is 0. The zero-order valence-electron chi connectivity index (χ0n) is 18.1. The van der Waals surface area contributed by atoms with E-state index in [0.29, 0.717) is 19.1 Å². The lowest BCUT2D eigenvalue weighted by Crippen LogP contribution is -2.50. The number of nitrogens with one attached hydrogen (secondary N) is 1. The second kappa shape index (κ2) is 9.00. The van der Waals surface area contributed by atoms with Crippen LogP contribution >= 0.6 is 0 Å². The first-order valence-electron chi connectivity index (χ1n) is 10.8. The van der Waals surface area contributed by atoms with Crippen LogP contribution in [0.2, 0.25) is 0 Å². The smallest absolute Gasteiger partial charge is 0.234 e. The number of amides is 1. The largest absolute Gasteiger partial charge is 0.493 e. The Kier molecular flexibility index (Phi) is 6.18. The van der Waals surface area contributed by atoms with Crippen molar-refractivity contribution in [1.29, 1.82) is 0 Å². The van der Waals surface area contributed by atoms with E-state index in [9.17, 15) is 4.79 Å². The van der Waals surface area contributed by atoms with Gasteiger partial charge in [0, 0.05) is 55.8 Å². The number of rotatable bonds is 5. The van der Waals surface area contributed by atoms with Gasteiger partial charge in [-0.1, -0.05) is 32.0 Å². The normalized spacial score (nSPS) is 19.3. The van der Waals surface area contributed by atoms with Crippen LogP contribution in [0.1, 0.15) is 49.3 Å². The highest BCUT2D eigenvalue weighted by Crippen LogP contribution is 2.31. The van der Waals surface area contributed by atoms with E-state index in [-0.39, 0.29) is 11.9 Å². The first kappa shape index (κ1) is 20.6. The summed E-state index contributed by atoms with van der Waals surface area (Å²) < 4.78 is 5.69. The fraction of sp³-hybridized carbons (Fsp3) is 0.522. The van der Waals surface area contributed by atoms with E-state index >= 15 is 0 Å².